The first-order valence-electron chi connectivity index (χ1n) is 9.82. The number of aromatic amines is 1. The summed E-state index contributed by atoms with van der Waals surface area (Å²) in [7, 11) is 0. The number of nitrogens with one attached hydrogen (secondary N) is 1. The van der Waals surface area contributed by atoms with Crippen LogP contribution in [0.3, 0.4) is 0 Å². The Morgan fingerprint density at radius 2 is 1.79 bits per heavy atom. The molecule has 0 aliphatic carbocycles. The molecule has 4 rings (SSSR count). The Morgan fingerprint density at radius 3 is 2.46 bits per heavy atom. The van der Waals surface area contributed by atoms with Gasteiger partial charge >= 0.3 is 0 Å². The number of unbranched alkanes of at least 4 members (excludes halogenated alkanes) is 2. The van der Waals surface area contributed by atoms with Gasteiger partial charge in [-0.1, -0.05) is 73.3 Å². The molecule has 1 amide bonds. The van der Waals surface area contributed by atoms with Crippen LogP contribution in [0.1, 0.15) is 59.4 Å². The summed E-state index contributed by atoms with van der Waals surface area (Å²) >= 11 is 6.11. The van der Waals surface area contributed by atoms with Crippen LogP contribution in [0.4, 0.5) is 0 Å². The van der Waals surface area contributed by atoms with Gasteiger partial charge in [-0.2, -0.15) is 5.10 Å². The van der Waals surface area contributed by atoms with Crippen LogP contribution in [0.15, 0.2) is 48.5 Å². The van der Waals surface area contributed by atoms with Crippen LogP contribution < -0.4 is 0 Å². The Labute approximate surface area is 170 Å². The Hall–Kier alpha value is -2.59. The number of amides is 1. The lowest BCUT2D eigenvalue weighted by Crippen LogP contribution is -2.30. The van der Waals surface area contributed by atoms with Crippen LogP contribution >= 0.6 is 11.6 Å². The second kappa shape index (κ2) is 7.80. The number of aryl methyl sites for hydroxylation is 1. The van der Waals surface area contributed by atoms with Crippen molar-refractivity contribution in [2.24, 2.45) is 0 Å². The molecule has 0 saturated carbocycles. The molecule has 0 saturated heterocycles. The highest BCUT2D eigenvalue weighted by atomic mass is 35.5. The van der Waals surface area contributed by atoms with Gasteiger partial charge < -0.3 is 4.90 Å². The molecule has 1 aliphatic rings. The molecule has 2 heterocycles. The van der Waals surface area contributed by atoms with E-state index in [0.29, 0.717) is 10.7 Å². The molecule has 5 heteroatoms. The smallest absolute Gasteiger partial charge is 0.273 e. The maximum absolute atomic E-state index is 13.2. The number of halogens is 1. The largest absolute Gasteiger partial charge is 0.326 e. The number of fused-ring (bicyclic) bond motifs is 1. The van der Waals surface area contributed by atoms with Crippen molar-refractivity contribution < 1.29 is 4.79 Å². The SMILES string of the molecule is CCCCCN1C(=O)c2[nH]nc(-c3ccc(C)cc3)c2C1c1ccc(Cl)cc1. The maximum Gasteiger partial charge on any atom is 0.273 e. The second-order valence-corrected chi connectivity index (χ2v) is 7.82. The average Bonchev–Trinajstić information content (AvgIpc) is 3.23. The highest BCUT2D eigenvalue weighted by molar-refractivity contribution is 6.30. The zero-order valence-electron chi connectivity index (χ0n) is 16.2. The zero-order chi connectivity index (χ0) is 19.7. The molecular formula is C23H24ClN3O. The number of hydrogen-bond acceptors (Lipinski definition) is 2. The van der Waals surface area contributed by atoms with Crippen molar-refractivity contribution in [3.05, 3.63) is 75.9 Å². The van der Waals surface area contributed by atoms with E-state index in [0.717, 1.165) is 48.2 Å². The van der Waals surface area contributed by atoms with E-state index in [2.05, 4.69) is 48.3 Å². The molecule has 144 valence electrons. The van der Waals surface area contributed by atoms with Crippen LogP contribution in [-0.4, -0.2) is 27.5 Å². The van der Waals surface area contributed by atoms with E-state index >= 15 is 0 Å². The van der Waals surface area contributed by atoms with Crippen LogP contribution in [0.2, 0.25) is 5.02 Å². The van der Waals surface area contributed by atoms with Gasteiger partial charge in [0.15, 0.2) is 0 Å². The predicted octanol–water partition coefficient (Wildman–Crippen LogP) is 5.77. The summed E-state index contributed by atoms with van der Waals surface area (Å²) in [6.07, 6.45) is 3.22. The molecule has 4 nitrogen and oxygen atoms in total. The Kier molecular flexibility index (Phi) is 5.23. The van der Waals surface area contributed by atoms with E-state index in [9.17, 15) is 4.79 Å². The molecule has 0 radical (unpaired) electrons. The molecule has 1 aromatic heterocycles. The van der Waals surface area contributed by atoms with Crippen LogP contribution in [0, 0.1) is 6.92 Å². The van der Waals surface area contributed by atoms with Gasteiger partial charge in [0.1, 0.15) is 5.69 Å². The summed E-state index contributed by atoms with van der Waals surface area (Å²) in [6.45, 7) is 4.97. The zero-order valence-corrected chi connectivity index (χ0v) is 17.0. The van der Waals surface area contributed by atoms with E-state index in [1.807, 2.05) is 29.2 Å². The highest BCUT2D eigenvalue weighted by Gasteiger charge is 2.41. The van der Waals surface area contributed by atoms with Crippen molar-refractivity contribution in [1.82, 2.24) is 15.1 Å². The minimum absolute atomic E-state index is 0.0249. The third-order valence-corrected chi connectivity index (χ3v) is 5.63. The quantitative estimate of drug-likeness (QED) is 0.540. The number of H-pyrrole nitrogens is 1. The fourth-order valence-electron chi connectivity index (χ4n) is 3.88. The standard InChI is InChI=1S/C23H24ClN3O/c1-3-4-5-14-27-22(17-10-12-18(24)13-11-17)19-20(25-26-21(19)23(27)28)16-8-6-15(2)7-9-16/h6-13,22H,3-5,14H2,1-2H3,(H,25,26). The van der Waals surface area contributed by atoms with Crippen LogP contribution in [0.5, 0.6) is 0 Å². The molecule has 1 unspecified atom stereocenters. The Balaban J connectivity index is 1.80. The molecule has 3 aromatic rings. The number of benzene rings is 2. The number of hydrogen-bond donors (Lipinski definition) is 1. The minimum Gasteiger partial charge on any atom is -0.326 e. The Bertz CT molecular complexity index is 976. The fourth-order valence-corrected chi connectivity index (χ4v) is 4.01. The number of aromatic nitrogens is 2. The van der Waals surface area contributed by atoms with Crippen LogP contribution in [-0.2, 0) is 0 Å². The van der Waals surface area contributed by atoms with Gasteiger partial charge in [0, 0.05) is 22.7 Å². The molecular weight excluding hydrogens is 370 g/mol. The molecule has 0 bridgehead atoms. The number of rotatable bonds is 6. The van der Waals surface area contributed by atoms with E-state index in [1.54, 1.807) is 0 Å². The van der Waals surface area contributed by atoms with Crippen molar-refractivity contribution in [2.45, 2.75) is 39.2 Å². The fraction of sp³-hybridized carbons (Fsp3) is 0.304. The van der Waals surface area contributed by atoms with Crippen molar-refractivity contribution in [3.63, 3.8) is 0 Å². The molecule has 1 N–H and O–H groups in total. The average molecular weight is 394 g/mol. The normalized spacial score (nSPS) is 15.9. The van der Waals surface area contributed by atoms with Crippen LogP contribution in [0.25, 0.3) is 11.3 Å². The number of carbonyl (C=O) groups is 1. The molecule has 0 fully saturated rings. The van der Waals surface area contributed by atoms with Gasteiger partial charge in [0.05, 0.1) is 11.7 Å². The van der Waals surface area contributed by atoms with Crippen molar-refractivity contribution in [1.29, 1.82) is 0 Å². The number of carbonyl (C=O) groups excluding carboxylic acids is 1. The third-order valence-electron chi connectivity index (χ3n) is 5.38. The van der Waals surface area contributed by atoms with Gasteiger partial charge in [0.2, 0.25) is 0 Å². The van der Waals surface area contributed by atoms with Gasteiger partial charge in [-0.25, -0.2) is 0 Å². The first-order chi connectivity index (χ1) is 13.6. The lowest BCUT2D eigenvalue weighted by molar-refractivity contribution is 0.0740. The van der Waals surface area contributed by atoms with Crippen molar-refractivity contribution in [3.8, 4) is 11.3 Å². The summed E-state index contributed by atoms with van der Waals surface area (Å²) in [5.41, 5.74) is 5.69. The first-order valence-corrected chi connectivity index (χ1v) is 10.2. The maximum atomic E-state index is 13.2. The van der Waals surface area contributed by atoms with E-state index in [-0.39, 0.29) is 11.9 Å². The lowest BCUT2D eigenvalue weighted by Gasteiger charge is -2.26. The first kappa shape index (κ1) is 18.8. The molecule has 2 aromatic carbocycles. The summed E-state index contributed by atoms with van der Waals surface area (Å²) in [6, 6.07) is 15.9. The summed E-state index contributed by atoms with van der Waals surface area (Å²) in [4.78, 5) is 15.1. The monoisotopic (exact) mass is 393 g/mol. The second-order valence-electron chi connectivity index (χ2n) is 7.39. The Morgan fingerprint density at radius 1 is 1.07 bits per heavy atom. The lowest BCUT2D eigenvalue weighted by atomic mass is 9.95. The van der Waals surface area contributed by atoms with Gasteiger partial charge in [0.25, 0.3) is 5.91 Å². The molecule has 28 heavy (non-hydrogen) atoms. The van der Waals surface area contributed by atoms with E-state index in [1.165, 1.54) is 5.56 Å². The van der Waals surface area contributed by atoms with Crippen molar-refractivity contribution >= 4 is 17.5 Å². The molecule has 1 aliphatic heterocycles. The van der Waals surface area contributed by atoms with E-state index in [4.69, 9.17) is 11.6 Å². The van der Waals surface area contributed by atoms with E-state index < -0.39 is 0 Å². The summed E-state index contributed by atoms with van der Waals surface area (Å²) in [5.74, 6) is 0.0249. The number of nitrogens with zero attached hydrogens (tertiary/aromatic N) is 2. The van der Waals surface area contributed by atoms with Gasteiger partial charge in [-0.3, -0.25) is 9.89 Å². The summed E-state index contributed by atoms with van der Waals surface area (Å²) in [5, 5.41) is 8.22. The topological polar surface area (TPSA) is 49.0 Å². The highest BCUT2D eigenvalue weighted by Crippen LogP contribution is 2.43. The van der Waals surface area contributed by atoms with Gasteiger partial charge in [-0.15, -0.1) is 0 Å². The third kappa shape index (κ3) is 3.33. The predicted molar refractivity (Wildman–Crippen MR) is 113 cm³/mol. The summed E-state index contributed by atoms with van der Waals surface area (Å²) < 4.78 is 0. The molecule has 0 spiro atoms. The van der Waals surface area contributed by atoms with Gasteiger partial charge in [-0.05, 0) is 31.0 Å². The molecule has 1 atom stereocenters. The minimum atomic E-state index is -0.147. The van der Waals surface area contributed by atoms with Crippen molar-refractivity contribution in [2.75, 3.05) is 6.54 Å².